The number of halogens is 1. The summed E-state index contributed by atoms with van der Waals surface area (Å²) in [5, 5.41) is 10.1. The van der Waals surface area contributed by atoms with Crippen LogP contribution in [0.5, 0.6) is 0 Å². The number of thiophene rings is 1. The second-order valence-corrected chi connectivity index (χ2v) is 5.68. The van der Waals surface area contributed by atoms with Crippen molar-refractivity contribution in [3.05, 3.63) is 15.7 Å². The maximum atomic E-state index is 11.8. The zero-order chi connectivity index (χ0) is 15.6. The van der Waals surface area contributed by atoms with Gasteiger partial charge in [0.05, 0.1) is 19.1 Å². The molecule has 0 atom stereocenters. The van der Waals surface area contributed by atoms with Crippen molar-refractivity contribution in [2.45, 2.75) is 13.8 Å². The highest BCUT2D eigenvalue weighted by Gasteiger charge is 2.22. The number of hydrogen-bond donors (Lipinski definition) is 1. The number of methoxy groups -OCH3 is 1. The van der Waals surface area contributed by atoms with E-state index in [4.69, 9.17) is 16.3 Å². The van der Waals surface area contributed by atoms with Gasteiger partial charge in [0.25, 0.3) is 0 Å². The number of likely N-dealkylation sites (N-methyl/N-ethyl adjacent to an activating group) is 1. The molecule has 2 heterocycles. The molecular formula is C13H16ClN3O3S. The lowest BCUT2D eigenvalue weighted by Crippen LogP contribution is -2.27. The molecule has 114 valence electrons. The number of fused-ring (bicyclic) bond motifs is 1. The molecule has 0 saturated carbocycles. The SMILES string of the molecule is CCN(CCO)c1nc(Cl)nc2sc(C(=O)OC)c(C)c12. The zero-order valence-corrected chi connectivity index (χ0v) is 13.6. The quantitative estimate of drug-likeness (QED) is 0.670. The Balaban J connectivity index is 2.69. The number of hydrogen-bond acceptors (Lipinski definition) is 7. The van der Waals surface area contributed by atoms with Crippen LogP contribution in [0.15, 0.2) is 0 Å². The van der Waals surface area contributed by atoms with E-state index < -0.39 is 5.97 Å². The first-order chi connectivity index (χ1) is 10.0. The maximum absolute atomic E-state index is 11.8. The topological polar surface area (TPSA) is 75.5 Å². The van der Waals surface area contributed by atoms with E-state index in [1.165, 1.54) is 18.4 Å². The number of anilines is 1. The van der Waals surface area contributed by atoms with Crippen molar-refractivity contribution in [3.8, 4) is 0 Å². The molecule has 2 aromatic heterocycles. The van der Waals surface area contributed by atoms with E-state index in [9.17, 15) is 9.90 Å². The summed E-state index contributed by atoms with van der Waals surface area (Å²) < 4.78 is 4.79. The molecule has 2 aromatic rings. The van der Waals surface area contributed by atoms with Crippen LogP contribution in [-0.4, -0.2) is 47.8 Å². The second kappa shape index (κ2) is 6.55. The van der Waals surface area contributed by atoms with Gasteiger partial charge < -0.3 is 14.7 Å². The Labute approximate surface area is 131 Å². The van der Waals surface area contributed by atoms with E-state index in [-0.39, 0.29) is 11.9 Å². The van der Waals surface area contributed by atoms with Crippen molar-refractivity contribution in [1.82, 2.24) is 9.97 Å². The Hall–Kier alpha value is -1.44. The Bertz CT molecular complexity index is 674. The van der Waals surface area contributed by atoms with Crippen LogP contribution in [0.25, 0.3) is 10.2 Å². The molecule has 0 aromatic carbocycles. The van der Waals surface area contributed by atoms with Gasteiger partial charge in [0.2, 0.25) is 5.28 Å². The number of esters is 1. The summed E-state index contributed by atoms with van der Waals surface area (Å²) in [6.07, 6.45) is 0. The fraction of sp³-hybridized carbons (Fsp3) is 0.462. The number of aliphatic hydroxyl groups excluding tert-OH is 1. The Morgan fingerprint density at radius 1 is 1.48 bits per heavy atom. The standard InChI is InChI=1S/C13H16ClN3O3S/c1-4-17(5-6-18)10-8-7(2)9(12(19)20-3)21-11(8)16-13(14)15-10/h18H,4-6H2,1-3H3. The maximum Gasteiger partial charge on any atom is 0.348 e. The number of aliphatic hydroxyl groups is 1. The normalized spacial score (nSPS) is 10.9. The van der Waals surface area contributed by atoms with Gasteiger partial charge in [-0.1, -0.05) is 0 Å². The first kappa shape index (κ1) is 15.9. The monoisotopic (exact) mass is 329 g/mol. The van der Waals surface area contributed by atoms with Crippen LogP contribution < -0.4 is 4.90 Å². The van der Waals surface area contributed by atoms with Gasteiger partial charge in [0, 0.05) is 13.1 Å². The van der Waals surface area contributed by atoms with Crippen LogP contribution in [0.3, 0.4) is 0 Å². The number of carbonyl (C=O) groups excluding carboxylic acids is 1. The molecule has 0 bridgehead atoms. The van der Waals surface area contributed by atoms with Crippen molar-refractivity contribution < 1.29 is 14.6 Å². The smallest absolute Gasteiger partial charge is 0.348 e. The van der Waals surface area contributed by atoms with E-state index >= 15 is 0 Å². The Kier molecular flexibility index (Phi) is 4.97. The number of nitrogens with zero attached hydrogens (tertiary/aromatic N) is 3. The lowest BCUT2D eigenvalue weighted by atomic mass is 10.2. The molecule has 6 nitrogen and oxygen atoms in total. The average molecular weight is 330 g/mol. The minimum absolute atomic E-state index is 0.00397. The third-order valence-electron chi connectivity index (χ3n) is 3.17. The van der Waals surface area contributed by atoms with E-state index in [0.717, 1.165) is 10.9 Å². The minimum atomic E-state index is -0.400. The summed E-state index contributed by atoms with van der Waals surface area (Å²) in [6.45, 7) is 4.89. The van der Waals surface area contributed by atoms with Gasteiger partial charge in [0.15, 0.2) is 0 Å². The summed E-state index contributed by atoms with van der Waals surface area (Å²) in [5.41, 5.74) is 0.768. The molecule has 0 aliphatic carbocycles. The van der Waals surface area contributed by atoms with Gasteiger partial charge in [-0.25, -0.2) is 9.78 Å². The summed E-state index contributed by atoms with van der Waals surface area (Å²) in [5.74, 6) is 0.230. The third kappa shape index (κ3) is 2.95. The molecule has 0 amide bonds. The highest BCUT2D eigenvalue weighted by atomic mass is 35.5. The minimum Gasteiger partial charge on any atom is -0.465 e. The zero-order valence-electron chi connectivity index (χ0n) is 12.0. The van der Waals surface area contributed by atoms with E-state index in [1.54, 1.807) is 0 Å². The van der Waals surface area contributed by atoms with Crippen LogP contribution in [0.2, 0.25) is 5.28 Å². The Morgan fingerprint density at radius 2 is 2.19 bits per heavy atom. The van der Waals surface area contributed by atoms with Crippen molar-refractivity contribution in [2.24, 2.45) is 0 Å². The number of carbonyl (C=O) groups is 1. The largest absolute Gasteiger partial charge is 0.465 e. The molecule has 0 aliphatic heterocycles. The molecule has 0 aliphatic rings. The Morgan fingerprint density at radius 3 is 2.76 bits per heavy atom. The molecule has 0 fully saturated rings. The van der Waals surface area contributed by atoms with E-state index in [0.29, 0.717) is 28.6 Å². The van der Waals surface area contributed by atoms with Gasteiger partial charge in [-0.15, -0.1) is 11.3 Å². The van der Waals surface area contributed by atoms with Crippen LogP contribution in [-0.2, 0) is 4.74 Å². The van der Waals surface area contributed by atoms with Crippen molar-refractivity contribution in [2.75, 3.05) is 31.7 Å². The third-order valence-corrected chi connectivity index (χ3v) is 4.50. The fourth-order valence-electron chi connectivity index (χ4n) is 2.14. The number of rotatable bonds is 5. The number of aryl methyl sites for hydroxylation is 1. The summed E-state index contributed by atoms with van der Waals surface area (Å²) in [6, 6.07) is 0. The summed E-state index contributed by atoms with van der Waals surface area (Å²) >= 11 is 7.21. The van der Waals surface area contributed by atoms with Crippen LogP contribution >= 0.6 is 22.9 Å². The predicted octanol–water partition coefficient (Wildman–Crippen LogP) is 2.26. The highest BCUT2D eigenvalue weighted by Crippen LogP contribution is 2.36. The van der Waals surface area contributed by atoms with Crippen molar-refractivity contribution in [1.29, 1.82) is 0 Å². The fourth-order valence-corrected chi connectivity index (χ4v) is 3.45. The lowest BCUT2D eigenvalue weighted by Gasteiger charge is -2.21. The summed E-state index contributed by atoms with van der Waals surface area (Å²) in [7, 11) is 1.34. The molecule has 2 rings (SSSR count). The van der Waals surface area contributed by atoms with Gasteiger partial charge in [-0.3, -0.25) is 0 Å². The average Bonchev–Trinajstić information content (AvgIpc) is 2.80. The number of ether oxygens (including phenoxy) is 1. The highest BCUT2D eigenvalue weighted by molar-refractivity contribution is 7.20. The molecule has 0 spiro atoms. The van der Waals surface area contributed by atoms with Gasteiger partial charge >= 0.3 is 5.97 Å². The van der Waals surface area contributed by atoms with Crippen LogP contribution in [0, 0.1) is 6.92 Å². The summed E-state index contributed by atoms with van der Waals surface area (Å²) in [4.78, 5) is 23.3. The molecular weight excluding hydrogens is 314 g/mol. The predicted molar refractivity (Wildman–Crippen MR) is 83.5 cm³/mol. The number of aromatic nitrogens is 2. The molecule has 21 heavy (non-hydrogen) atoms. The molecule has 1 N–H and O–H groups in total. The molecule has 0 saturated heterocycles. The van der Waals surface area contributed by atoms with Crippen molar-refractivity contribution in [3.63, 3.8) is 0 Å². The second-order valence-electron chi connectivity index (χ2n) is 4.35. The first-order valence-electron chi connectivity index (χ1n) is 6.44. The van der Waals surface area contributed by atoms with Crippen LogP contribution in [0.4, 0.5) is 5.82 Å². The van der Waals surface area contributed by atoms with Crippen LogP contribution in [0.1, 0.15) is 22.2 Å². The lowest BCUT2D eigenvalue weighted by molar-refractivity contribution is 0.0605. The molecule has 0 unspecified atom stereocenters. The van der Waals surface area contributed by atoms with Gasteiger partial charge in [0.1, 0.15) is 15.5 Å². The van der Waals surface area contributed by atoms with Gasteiger partial charge in [-0.2, -0.15) is 4.98 Å². The van der Waals surface area contributed by atoms with Gasteiger partial charge in [-0.05, 0) is 31.0 Å². The molecule has 0 radical (unpaired) electrons. The van der Waals surface area contributed by atoms with E-state index in [1.807, 2.05) is 18.7 Å². The first-order valence-corrected chi connectivity index (χ1v) is 7.63. The van der Waals surface area contributed by atoms with E-state index in [2.05, 4.69) is 9.97 Å². The van der Waals surface area contributed by atoms with Crippen molar-refractivity contribution >= 4 is 44.9 Å². The molecule has 8 heteroatoms.